The van der Waals surface area contributed by atoms with E-state index in [4.69, 9.17) is 4.42 Å². The summed E-state index contributed by atoms with van der Waals surface area (Å²) in [5, 5.41) is 5.18. The lowest BCUT2D eigenvalue weighted by atomic mass is 9.86. The highest BCUT2D eigenvalue weighted by Gasteiger charge is 2.16. The van der Waals surface area contributed by atoms with Gasteiger partial charge in [0.25, 0.3) is 0 Å². The minimum Gasteiger partial charge on any atom is -0.472 e. The van der Waals surface area contributed by atoms with Crippen LogP contribution in [0.2, 0.25) is 0 Å². The maximum Gasteiger partial charge on any atom is 0.0974 e. The van der Waals surface area contributed by atoms with Crippen LogP contribution in [0.4, 0.5) is 0 Å². The molecule has 0 fully saturated rings. The number of aromatic nitrogens is 2. The van der Waals surface area contributed by atoms with E-state index >= 15 is 0 Å². The molecular formula is C51H62N2O. The quantitative estimate of drug-likeness (QED) is 0.179. The molecule has 0 bridgehead atoms. The molecule has 282 valence electrons. The minimum absolute atomic E-state index is 0.129. The topological polar surface area (TPSA) is 38.9 Å². The Kier molecular flexibility index (Phi) is 13.8. The van der Waals surface area contributed by atoms with E-state index in [0.29, 0.717) is 5.41 Å². The molecule has 0 saturated carbocycles. The fourth-order valence-corrected chi connectivity index (χ4v) is 5.70. The van der Waals surface area contributed by atoms with Crippen molar-refractivity contribution in [2.75, 3.05) is 0 Å². The Bertz CT molecular complexity index is 2140. The Balaban J connectivity index is 0.000000161. The average molecular weight is 719 g/mol. The van der Waals surface area contributed by atoms with Crippen molar-refractivity contribution in [3.63, 3.8) is 0 Å². The van der Waals surface area contributed by atoms with E-state index in [2.05, 4.69) is 190 Å². The molecule has 7 aromatic rings. The van der Waals surface area contributed by atoms with Gasteiger partial charge in [0.05, 0.1) is 23.6 Å². The first-order chi connectivity index (χ1) is 25.3. The molecule has 4 aromatic carbocycles. The summed E-state index contributed by atoms with van der Waals surface area (Å²) in [5.74, 6) is 0. The first-order valence-electron chi connectivity index (χ1n) is 19.2. The van der Waals surface area contributed by atoms with Gasteiger partial charge >= 0.3 is 0 Å². The van der Waals surface area contributed by atoms with E-state index in [-0.39, 0.29) is 16.2 Å². The van der Waals surface area contributed by atoms with Crippen molar-refractivity contribution < 1.29 is 4.42 Å². The largest absolute Gasteiger partial charge is 0.472 e. The van der Waals surface area contributed by atoms with Gasteiger partial charge in [-0.1, -0.05) is 180 Å². The normalized spacial score (nSPS) is 12.1. The maximum absolute atomic E-state index is 4.93. The van der Waals surface area contributed by atoms with Gasteiger partial charge in [-0.25, -0.2) is 0 Å². The maximum atomic E-state index is 4.93. The lowest BCUT2D eigenvalue weighted by Gasteiger charge is -2.19. The zero-order valence-corrected chi connectivity index (χ0v) is 34.9. The third-order valence-electron chi connectivity index (χ3n) is 8.74. The third kappa shape index (κ3) is 13.4. The van der Waals surface area contributed by atoms with E-state index in [1.54, 1.807) is 12.5 Å². The van der Waals surface area contributed by atoms with Gasteiger partial charge in [-0.15, -0.1) is 0 Å². The van der Waals surface area contributed by atoms with Crippen LogP contribution in [0.1, 0.15) is 105 Å². The van der Waals surface area contributed by atoms with Crippen LogP contribution in [0, 0.1) is 10.8 Å². The number of rotatable bonds is 2. The number of hydrogen-bond donors (Lipinski definition) is 0. The first-order valence-corrected chi connectivity index (χ1v) is 19.2. The Morgan fingerprint density at radius 2 is 1.19 bits per heavy atom. The predicted octanol–water partition coefficient (Wildman–Crippen LogP) is 14.8. The number of para-hydroxylation sites is 2. The molecule has 0 aliphatic rings. The third-order valence-corrected chi connectivity index (χ3v) is 8.74. The molecule has 3 aromatic heterocycles. The van der Waals surface area contributed by atoms with Gasteiger partial charge < -0.3 is 4.42 Å². The van der Waals surface area contributed by atoms with Crippen LogP contribution < -0.4 is 0 Å². The smallest absolute Gasteiger partial charge is 0.0974 e. The fraction of sp³-hybridized carbons (Fsp3) is 0.333. The van der Waals surface area contributed by atoms with Crippen LogP contribution in [-0.2, 0) is 17.3 Å². The molecule has 0 amide bonds. The van der Waals surface area contributed by atoms with E-state index in [9.17, 15) is 0 Å². The van der Waals surface area contributed by atoms with Crippen LogP contribution in [0.15, 0.2) is 144 Å². The zero-order chi connectivity index (χ0) is 39.6. The van der Waals surface area contributed by atoms with Crippen molar-refractivity contribution in [2.45, 2.75) is 100 Å². The first kappa shape index (κ1) is 41.7. The number of hydrogen-bond acceptors (Lipinski definition) is 3. The van der Waals surface area contributed by atoms with Crippen molar-refractivity contribution >= 4 is 38.7 Å². The number of fused-ring (bicyclic) bond motifs is 3. The van der Waals surface area contributed by atoms with Crippen LogP contribution in [0.3, 0.4) is 0 Å². The Morgan fingerprint density at radius 3 is 1.80 bits per heavy atom. The molecule has 3 heteroatoms. The van der Waals surface area contributed by atoms with Crippen LogP contribution in [0.25, 0.3) is 38.7 Å². The minimum atomic E-state index is 0.129. The van der Waals surface area contributed by atoms with E-state index < -0.39 is 0 Å². The molecule has 0 N–H and O–H groups in total. The standard InChI is InChI=1S/C15H18.2C13H15N.C10H14O/c1-15(2,3)11-13-9-6-8-12-7-4-5-10-14(12)13;1-13(2,3)11-8-10-6-4-5-7-12(10)14-9-11;1-13(2,3)12-9-8-10-6-4-5-7-11(10)14-12;1-10(2,3)6-4-9-5-7-11-8-9/h4-10H,11H2,1-3H3;2*4-9H,1-3H3;4-8H,1-3H3/b;;;6-4+. The summed E-state index contributed by atoms with van der Waals surface area (Å²) >= 11 is 0. The van der Waals surface area contributed by atoms with Crippen LogP contribution in [0.5, 0.6) is 0 Å². The second-order valence-electron chi connectivity index (χ2n) is 18.4. The van der Waals surface area contributed by atoms with E-state index in [1.165, 1.54) is 32.7 Å². The number of benzene rings is 4. The van der Waals surface area contributed by atoms with Crippen molar-refractivity contribution in [2.24, 2.45) is 10.8 Å². The number of furan rings is 1. The summed E-state index contributed by atoms with van der Waals surface area (Å²) in [6, 6.07) is 40.1. The predicted molar refractivity (Wildman–Crippen MR) is 235 cm³/mol. The Labute approximate surface area is 325 Å². The SMILES string of the molecule is CC(C)(C)/C=C/c1ccoc1.CC(C)(C)Cc1cccc2ccccc12.CC(C)(C)c1ccc2ccccc2n1.CC(C)(C)c1cnc2ccccc2c1. The van der Waals surface area contributed by atoms with Gasteiger partial charge in [0.15, 0.2) is 0 Å². The number of allylic oxidation sites excluding steroid dienone is 1. The summed E-state index contributed by atoms with van der Waals surface area (Å²) in [7, 11) is 0. The highest BCUT2D eigenvalue weighted by Crippen LogP contribution is 2.27. The molecule has 0 aliphatic heterocycles. The van der Waals surface area contributed by atoms with Crippen molar-refractivity contribution in [1.29, 1.82) is 0 Å². The Morgan fingerprint density at radius 1 is 0.574 bits per heavy atom. The van der Waals surface area contributed by atoms with Gasteiger partial charge in [0.1, 0.15) is 0 Å². The lowest BCUT2D eigenvalue weighted by molar-refractivity contribution is 0.412. The molecule has 3 nitrogen and oxygen atoms in total. The van der Waals surface area contributed by atoms with Gasteiger partial charge in [-0.2, -0.15) is 0 Å². The second-order valence-corrected chi connectivity index (χ2v) is 18.4. The summed E-state index contributed by atoms with van der Waals surface area (Å²) in [4.78, 5) is 9.09. The lowest BCUT2D eigenvalue weighted by Crippen LogP contribution is -2.13. The molecule has 54 heavy (non-hydrogen) atoms. The molecule has 7 rings (SSSR count). The molecule has 0 unspecified atom stereocenters. The van der Waals surface area contributed by atoms with Crippen molar-refractivity contribution in [3.05, 3.63) is 162 Å². The Hall–Kier alpha value is -5.02. The fourth-order valence-electron chi connectivity index (χ4n) is 5.70. The molecule has 0 spiro atoms. The summed E-state index contributed by atoms with van der Waals surface area (Å²) in [6.07, 6.45) is 10.8. The van der Waals surface area contributed by atoms with Crippen molar-refractivity contribution in [1.82, 2.24) is 9.97 Å². The van der Waals surface area contributed by atoms with Gasteiger partial charge in [0, 0.05) is 33.6 Å². The van der Waals surface area contributed by atoms with Crippen LogP contribution in [-0.4, -0.2) is 9.97 Å². The van der Waals surface area contributed by atoms with Gasteiger partial charge in [0.2, 0.25) is 0 Å². The molecule has 0 radical (unpaired) electrons. The highest BCUT2D eigenvalue weighted by molar-refractivity contribution is 5.85. The number of pyridine rings is 2. The average Bonchev–Trinajstić information content (AvgIpc) is 3.64. The summed E-state index contributed by atoms with van der Waals surface area (Å²) in [6.45, 7) is 26.5. The molecule has 3 heterocycles. The van der Waals surface area contributed by atoms with Crippen molar-refractivity contribution in [3.8, 4) is 0 Å². The van der Waals surface area contributed by atoms with Gasteiger partial charge in [-0.3, -0.25) is 9.97 Å². The zero-order valence-electron chi connectivity index (χ0n) is 34.9. The molecule has 0 aliphatic carbocycles. The van der Waals surface area contributed by atoms with Crippen LogP contribution >= 0.6 is 0 Å². The highest BCUT2D eigenvalue weighted by atomic mass is 16.3. The summed E-state index contributed by atoms with van der Waals surface area (Å²) < 4.78 is 4.93. The number of nitrogens with zero attached hydrogens (tertiary/aromatic N) is 2. The monoisotopic (exact) mass is 718 g/mol. The van der Waals surface area contributed by atoms with E-state index in [0.717, 1.165) is 28.7 Å². The van der Waals surface area contributed by atoms with E-state index in [1.807, 2.05) is 36.5 Å². The molecule has 0 saturated heterocycles. The molecule has 0 atom stereocenters. The molecular weight excluding hydrogens is 657 g/mol. The summed E-state index contributed by atoms with van der Waals surface area (Å²) in [5.41, 5.74) is 8.08. The second kappa shape index (κ2) is 17.9. The van der Waals surface area contributed by atoms with Gasteiger partial charge in [-0.05, 0) is 74.9 Å².